The van der Waals surface area contributed by atoms with Crippen molar-refractivity contribution in [2.45, 2.75) is 43.8 Å². The zero-order valence-electron chi connectivity index (χ0n) is 19.2. The molecule has 3 rings (SSSR count). The van der Waals surface area contributed by atoms with Crippen LogP contribution in [0.15, 0.2) is 29.2 Å². The van der Waals surface area contributed by atoms with Gasteiger partial charge in [-0.3, -0.25) is 4.90 Å². The van der Waals surface area contributed by atoms with Crippen molar-refractivity contribution in [3.05, 3.63) is 24.3 Å². The third-order valence-electron chi connectivity index (χ3n) is 5.65. The predicted molar refractivity (Wildman–Crippen MR) is 121 cm³/mol. The molecule has 2 fully saturated rings. The van der Waals surface area contributed by atoms with Crippen LogP contribution in [0.25, 0.3) is 0 Å². The Hall–Kier alpha value is -2.33. The van der Waals surface area contributed by atoms with Gasteiger partial charge in [-0.2, -0.15) is 0 Å². The Morgan fingerprint density at radius 3 is 2.41 bits per heavy atom. The molecule has 10 heteroatoms. The van der Waals surface area contributed by atoms with Gasteiger partial charge >= 0.3 is 12.1 Å². The first kappa shape index (κ1) is 24.3. The number of hydrogen-bond donors (Lipinski definition) is 0. The van der Waals surface area contributed by atoms with Crippen molar-refractivity contribution in [3.8, 4) is 0 Å². The molecular formula is C22H33N3O6S. The van der Waals surface area contributed by atoms with E-state index in [0.29, 0.717) is 31.2 Å². The first-order chi connectivity index (χ1) is 15.0. The summed E-state index contributed by atoms with van der Waals surface area (Å²) in [5.41, 5.74) is 0.585. The minimum atomic E-state index is -3.29. The van der Waals surface area contributed by atoms with E-state index in [-0.39, 0.29) is 23.6 Å². The zero-order chi connectivity index (χ0) is 23.5. The number of carbonyl (C=O) groups is 2. The van der Waals surface area contributed by atoms with Gasteiger partial charge in [0.25, 0.3) is 0 Å². The molecular weight excluding hydrogens is 434 g/mol. The molecule has 0 aliphatic carbocycles. The molecule has 178 valence electrons. The maximum Gasteiger partial charge on any atom is 0.414 e. The SMILES string of the molecule is CC(C)CN(C)C(=O)N1CCC(OCC2CN(c3ccc(S(C)(=O)=O)cc3)C(=O)O2)CC1. The Morgan fingerprint density at radius 1 is 1.22 bits per heavy atom. The monoisotopic (exact) mass is 467 g/mol. The van der Waals surface area contributed by atoms with Crippen molar-refractivity contribution in [2.75, 3.05) is 51.0 Å². The minimum Gasteiger partial charge on any atom is -0.441 e. The topological polar surface area (TPSA) is 96.5 Å². The van der Waals surface area contributed by atoms with Crippen molar-refractivity contribution >= 4 is 27.6 Å². The van der Waals surface area contributed by atoms with Gasteiger partial charge in [-0.25, -0.2) is 18.0 Å². The molecule has 0 aromatic heterocycles. The van der Waals surface area contributed by atoms with Crippen LogP contribution in [-0.4, -0.2) is 88.6 Å². The first-order valence-corrected chi connectivity index (χ1v) is 12.8. The second kappa shape index (κ2) is 10.1. The van der Waals surface area contributed by atoms with E-state index in [4.69, 9.17) is 9.47 Å². The largest absolute Gasteiger partial charge is 0.441 e. The van der Waals surface area contributed by atoms with Gasteiger partial charge in [0, 0.05) is 38.6 Å². The number of amides is 3. The second-order valence-corrected chi connectivity index (χ2v) is 11.0. The van der Waals surface area contributed by atoms with E-state index in [1.54, 1.807) is 17.0 Å². The van der Waals surface area contributed by atoms with Gasteiger partial charge in [0.2, 0.25) is 0 Å². The van der Waals surface area contributed by atoms with E-state index in [1.165, 1.54) is 17.0 Å². The second-order valence-electron chi connectivity index (χ2n) is 8.96. The number of carbonyl (C=O) groups excluding carboxylic acids is 2. The van der Waals surface area contributed by atoms with E-state index < -0.39 is 22.0 Å². The fourth-order valence-corrected chi connectivity index (χ4v) is 4.65. The molecule has 0 spiro atoms. The maximum absolute atomic E-state index is 12.5. The quantitative estimate of drug-likeness (QED) is 0.612. The number of nitrogens with zero attached hydrogens (tertiary/aromatic N) is 3. The normalized spacial score (nSPS) is 20.0. The van der Waals surface area contributed by atoms with Crippen LogP contribution in [-0.2, 0) is 19.3 Å². The lowest BCUT2D eigenvalue weighted by molar-refractivity contribution is -0.0241. The molecule has 0 saturated carbocycles. The molecule has 1 unspecified atom stereocenters. The summed E-state index contributed by atoms with van der Waals surface area (Å²) in [5.74, 6) is 0.427. The molecule has 1 aromatic carbocycles. The standard InChI is InChI=1S/C22H33N3O6S/c1-16(2)13-23(3)21(26)24-11-9-18(10-12-24)30-15-19-14-25(22(27)31-19)17-5-7-20(8-6-17)32(4,28)29/h5-8,16,18-19H,9-15H2,1-4H3. The molecule has 1 atom stereocenters. The number of cyclic esters (lactones) is 1. The number of urea groups is 1. The predicted octanol–water partition coefficient (Wildman–Crippen LogP) is 2.60. The smallest absolute Gasteiger partial charge is 0.414 e. The number of rotatable bonds is 7. The fraction of sp³-hybridized carbons (Fsp3) is 0.636. The Kier molecular flexibility index (Phi) is 7.66. The number of ether oxygens (including phenoxy) is 2. The summed E-state index contributed by atoms with van der Waals surface area (Å²) in [6.07, 6.45) is 1.80. The summed E-state index contributed by atoms with van der Waals surface area (Å²) in [6, 6.07) is 6.22. The van der Waals surface area contributed by atoms with Gasteiger partial charge < -0.3 is 19.3 Å². The molecule has 2 heterocycles. The van der Waals surface area contributed by atoms with Crippen LogP contribution in [0.4, 0.5) is 15.3 Å². The molecule has 2 aliphatic rings. The summed E-state index contributed by atoms with van der Waals surface area (Å²) < 4.78 is 34.6. The van der Waals surface area contributed by atoms with Gasteiger partial charge in [-0.15, -0.1) is 0 Å². The lowest BCUT2D eigenvalue weighted by atomic mass is 10.1. The number of sulfone groups is 1. The summed E-state index contributed by atoms with van der Waals surface area (Å²) in [4.78, 5) is 30.1. The van der Waals surface area contributed by atoms with Crippen molar-refractivity contribution in [1.29, 1.82) is 0 Å². The lowest BCUT2D eigenvalue weighted by Crippen LogP contribution is -2.47. The Bertz CT molecular complexity index is 910. The number of anilines is 1. The highest BCUT2D eigenvalue weighted by atomic mass is 32.2. The fourth-order valence-electron chi connectivity index (χ4n) is 4.02. The van der Waals surface area contributed by atoms with Gasteiger partial charge in [0.15, 0.2) is 9.84 Å². The van der Waals surface area contributed by atoms with Crippen LogP contribution in [0, 0.1) is 5.92 Å². The summed E-state index contributed by atoms with van der Waals surface area (Å²) in [5, 5.41) is 0. The average Bonchev–Trinajstić information content (AvgIpc) is 3.11. The maximum atomic E-state index is 12.5. The first-order valence-electron chi connectivity index (χ1n) is 10.9. The molecule has 0 N–H and O–H groups in total. The Balaban J connectivity index is 1.45. The van der Waals surface area contributed by atoms with E-state index >= 15 is 0 Å². The van der Waals surface area contributed by atoms with Crippen LogP contribution in [0.5, 0.6) is 0 Å². The van der Waals surface area contributed by atoms with Crippen molar-refractivity contribution in [2.24, 2.45) is 5.92 Å². The van der Waals surface area contributed by atoms with Crippen LogP contribution in [0.1, 0.15) is 26.7 Å². The van der Waals surface area contributed by atoms with Crippen LogP contribution < -0.4 is 4.90 Å². The molecule has 1 aromatic rings. The van der Waals surface area contributed by atoms with Gasteiger partial charge in [-0.1, -0.05) is 13.8 Å². The van der Waals surface area contributed by atoms with E-state index in [9.17, 15) is 18.0 Å². The number of hydrogen-bond acceptors (Lipinski definition) is 6. The van der Waals surface area contributed by atoms with Crippen LogP contribution in [0.3, 0.4) is 0 Å². The molecule has 3 amide bonds. The highest BCUT2D eigenvalue weighted by molar-refractivity contribution is 7.90. The molecule has 2 saturated heterocycles. The summed E-state index contributed by atoms with van der Waals surface area (Å²) >= 11 is 0. The van der Waals surface area contributed by atoms with Crippen LogP contribution >= 0.6 is 0 Å². The third kappa shape index (κ3) is 6.13. The molecule has 32 heavy (non-hydrogen) atoms. The van der Waals surface area contributed by atoms with Gasteiger partial charge in [-0.05, 0) is 43.0 Å². The lowest BCUT2D eigenvalue weighted by Gasteiger charge is -2.35. The molecule has 2 aliphatic heterocycles. The highest BCUT2D eigenvalue weighted by Crippen LogP contribution is 2.24. The molecule has 0 radical (unpaired) electrons. The third-order valence-corrected chi connectivity index (χ3v) is 6.77. The van der Waals surface area contributed by atoms with Crippen molar-refractivity contribution in [3.63, 3.8) is 0 Å². The van der Waals surface area contributed by atoms with Gasteiger partial charge in [0.05, 0.1) is 24.2 Å². The van der Waals surface area contributed by atoms with Gasteiger partial charge in [0.1, 0.15) is 6.10 Å². The minimum absolute atomic E-state index is 0.0243. The number of likely N-dealkylation sites (tertiary alicyclic amines) is 1. The van der Waals surface area contributed by atoms with Crippen LogP contribution in [0.2, 0.25) is 0 Å². The van der Waals surface area contributed by atoms with Crippen molar-refractivity contribution in [1.82, 2.24) is 9.80 Å². The van der Waals surface area contributed by atoms with E-state index in [0.717, 1.165) is 25.6 Å². The van der Waals surface area contributed by atoms with E-state index in [2.05, 4.69) is 13.8 Å². The van der Waals surface area contributed by atoms with Crippen molar-refractivity contribution < 1.29 is 27.5 Å². The molecule has 0 bridgehead atoms. The zero-order valence-corrected chi connectivity index (χ0v) is 20.0. The number of piperidine rings is 1. The Labute approximate surface area is 190 Å². The highest BCUT2D eigenvalue weighted by Gasteiger charge is 2.34. The summed E-state index contributed by atoms with van der Waals surface area (Å²) in [6.45, 7) is 6.83. The molecule has 9 nitrogen and oxygen atoms in total. The Morgan fingerprint density at radius 2 is 1.84 bits per heavy atom. The average molecular weight is 468 g/mol. The van der Waals surface area contributed by atoms with E-state index in [1.807, 2.05) is 11.9 Å². The number of benzene rings is 1. The summed E-state index contributed by atoms with van der Waals surface area (Å²) in [7, 11) is -1.46.